The molecule has 21 heavy (non-hydrogen) atoms. The number of carbonyl (C=O) groups is 1. The molecule has 0 spiro atoms. The zero-order valence-corrected chi connectivity index (χ0v) is 11.2. The zero-order valence-electron chi connectivity index (χ0n) is 10.4. The summed E-state index contributed by atoms with van der Waals surface area (Å²) in [6.45, 7) is 0. The minimum absolute atomic E-state index is 0.0587. The first-order chi connectivity index (χ1) is 9.90. The summed E-state index contributed by atoms with van der Waals surface area (Å²) in [6.07, 6.45) is 0. The van der Waals surface area contributed by atoms with E-state index in [1.165, 1.54) is 24.3 Å². The lowest BCUT2D eigenvalue weighted by Gasteiger charge is -2.09. The van der Waals surface area contributed by atoms with Crippen molar-refractivity contribution in [1.29, 1.82) is 0 Å². The quantitative estimate of drug-likeness (QED) is 0.458. The summed E-state index contributed by atoms with van der Waals surface area (Å²) in [5.41, 5.74) is -0.874. The Bertz CT molecular complexity index is 732. The molecule has 108 valence electrons. The minimum Gasteiger partial charge on any atom is -0.508 e. The molecule has 2 rings (SSSR count). The Balaban J connectivity index is 2.41. The van der Waals surface area contributed by atoms with Gasteiger partial charge in [-0.25, -0.2) is 0 Å². The van der Waals surface area contributed by atoms with Crippen molar-refractivity contribution in [2.24, 2.45) is 0 Å². The number of anilines is 1. The number of amides is 1. The molecule has 0 saturated carbocycles. The van der Waals surface area contributed by atoms with Crippen LogP contribution in [0.5, 0.6) is 11.5 Å². The number of benzene rings is 2. The summed E-state index contributed by atoms with van der Waals surface area (Å²) in [5, 5.41) is 32.2. The van der Waals surface area contributed by atoms with E-state index in [9.17, 15) is 25.1 Å². The van der Waals surface area contributed by atoms with Gasteiger partial charge >= 0.3 is 0 Å². The number of nitro groups is 1. The average Bonchev–Trinajstić information content (AvgIpc) is 2.43. The van der Waals surface area contributed by atoms with E-state index in [1.807, 2.05) is 0 Å². The van der Waals surface area contributed by atoms with Gasteiger partial charge in [0.25, 0.3) is 11.6 Å². The lowest BCUT2D eigenvalue weighted by molar-refractivity contribution is -0.384. The highest BCUT2D eigenvalue weighted by Crippen LogP contribution is 2.34. The van der Waals surface area contributed by atoms with Gasteiger partial charge in [0, 0.05) is 6.07 Å². The van der Waals surface area contributed by atoms with Crippen LogP contribution in [0.1, 0.15) is 10.4 Å². The molecule has 2 aromatic rings. The number of halogens is 1. The van der Waals surface area contributed by atoms with Crippen molar-refractivity contribution in [2.45, 2.75) is 0 Å². The number of hydrogen-bond acceptors (Lipinski definition) is 5. The van der Waals surface area contributed by atoms with E-state index in [2.05, 4.69) is 5.32 Å². The monoisotopic (exact) mass is 308 g/mol. The molecule has 0 saturated heterocycles. The van der Waals surface area contributed by atoms with E-state index in [4.69, 9.17) is 11.6 Å². The SMILES string of the molecule is O=C(Nc1c(O)cccc1[N+](=O)[O-])c1cc(O)ccc1Cl. The van der Waals surface area contributed by atoms with Crippen molar-refractivity contribution in [3.05, 3.63) is 57.1 Å². The van der Waals surface area contributed by atoms with Crippen molar-refractivity contribution >= 4 is 28.9 Å². The van der Waals surface area contributed by atoms with Crippen LogP contribution in [0, 0.1) is 10.1 Å². The number of rotatable bonds is 3. The topological polar surface area (TPSA) is 113 Å². The normalized spacial score (nSPS) is 10.1. The molecule has 0 radical (unpaired) electrons. The third-order valence-electron chi connectivity index (χ3n) is 2.65. The van der Waals surface area contributed by atoms with E-state index < -0.39 is 22.3 Å². The van der Waals surface area contributed by atoms with E-state index in [0.717, 1.165) is 12.1 Å². The van der Waals surface area contributed by atoms with Gasteiger partial charge in [0.15, 0.2) is 5.69 Å². The Morgan fingerprint density at radius 3 is 2.62 bits per heavy atom. The molecule has 3 N–H and O–H groups in total. The summed E-state index contributed by atoms with van der Waals surface area (Å²) >= 11 is 5.83. The van der Waals surface area contributed by atoms with Crippen molar-refractivity contribution in [3.8, 4) is 11.5 Å². The lowest BCUT2D eigenvalue weighted by Crippen LogP contribution is -2.13. The maximum atomic E-state index is 12.1. The van der Waals surface area contributed by atoms with Crippen molar-refractivity contribution < 1.29 is 19.9 Å². The van der Waals surface area contributed by atoms with Gasteiger partial charge in [-0.15, -0.1) is 0 Å². The van der Waals surface area contributed by atoms with Gasteiger partial charge in [-0.05, 0) is 24.3 Å². The maximum Gasteiger partial charge on any atom is 0.296 e. The molecular weight excluding hydrogens is 300 g/mol. The Morgan fingerprint density at radius 2 is 1.95 bits per heavy atom. The number of aromatic hydroxyl groups is 2. The average molecular weight is 309 g/mol. The van der Waals surface area contributed by atoms with E-state index in [-0.39, 0.29) is 22.0 Å². The molecule has 0 atom stereocenters. The number of phenols is 2. The second kappa shape index (κ2) is 5.68. The van der Waals surface area contributed by atoms with Crippen LogP contribution >= 0.6 is 11.6 Å². The molecule has 1 amide bonds. The number of carbonyl (C=O) groups excluding carboxylic acids is 1. The molecule has 0 heterocycles. The summed E-state index contributed by atoms with van der Waals surface area (Å²) in [4.78, 5) is 22.2. The largest absolute Gasteiger partial charge is 0.508 e. The van der Waals surface area contributed by atoms with Crippen LogP contribution in [0.4, 0.5) is 11.4 Å². The first-order valence-electron chi connectivity index (χ1n) is 5.66. The van der Waals surface area contributed by atoms with Gasteiger partial charge in [0.05, 0.1) is 15.5 Å². The number of hydrogen-bond donors (Lipinski definition) is 3. The predicted octanol–water partition coefficient (Wildman–Crippen LogP) is 2.91. The zero-order chi connectivity index (χ0) is 15.6. The van der Waals surface area contributed by atoms with E-state index in [0.29, 0.717) is 0 Å². The number of nitrogens with zero attached hydrogens (tertiary/aromatic N) is 1. The smallest absolute Gasteiger partial charge is 0.296 e. The lowest BCUT2D eigenvalue weighted by atomic mass is 10.2. The number of nitrogens with one attached hydrogen (secondary N) is 1. The Kier molecular flexibility index (Phi) is 3.95. The Morgan fingerprint density at radius 1 is 1.24 bits per heavy atom. The second-order valence-corrected chi connectivity index (χ2v) is 4.45. The maximum absolute atomic E-state index is 12.1. The molecule has 0 aliphatic carbocycles. The van der Waals surface area contributed by atoms with Crippen LogP contribution in [-0.2, 0) is 0 Å². The molecule has 0 bridgehead atoms. The fourth-order valence-corrected chi connectivity index (χ4v) is 1.88. The van der Waals surface area contributed by atoms with Crippen molar-refractivity contribution in [1.82, 2.24) is 0 Å². The van der Waals surface area contributed by atoms with Crippen LogP contribution in [0.2, 0.25) is 5.02 Å². The Hall–Kier alpha value is -2.80. The van der Waals surface area contributed by atoms with Crippen LogP contribution in [-0.4, -0.2) is 21.0 Å². The molecule has 8 heteroatoms. The van der Waals surface area contributed by atoms with Gasteiger partial charge < -0.3 is 15.5 Å². The van der Waals surface area contributed by atoms with Crippen molar-refractivity contribution in [2.75, 3.05) is 5.32 Å². The molecule has 2 aromatic carbocycles. The predicted molar refractivity (Wildman–Crippen MR) is 75.8 cm³/mol. The molecule has 0 fully saturated rings. The van der Waals surface area contributed by atoms with Crippen LogP contribution in [0.15, 0.2) is 36.4 Å². The fourth-order valence-electron chi connectivity index (χ4n) is 1.68. The third kappa shape index (κ3) is 3.03. The van der Waals surface area contributed by atoms with Gasteiger partial charge in [0.2, 0.25) is 0 Å². The highest BCUT2D eigenvalue weighted by atomic mass is 35.5. The van der Waals surface area contributed by atoms with Gasteiger partial charge in [-0.1, -0.05) is 17.7 Å². The summed E-state index contributed by atoms with van der Waals surface area (Å²) in [5.74, 6) is -1.43. The third-order valence-corrected chi connectivity index (χ3v) is 2.98. The van der Waals surface area contributed by atoms with Gasteiger partial charge in [-0.3, -0.25) is 14.9 Å². The van der Waals surface area contributed by atoms with Crippen molar-refractivity contribution in [3.63, 3.8) is 0 Å². The molecule has 0 unspecified atom stereocenters. The van der Waals surface area contributed by atoms with Gasteiger partial charge in [0.1, 0.15) is 11.5 Å². The number of nitro benzene ring substituents is 1. The molecule has 0 aliphatic heterocycles. The molecule has 7 nitrogen and oxygen atoms in total. The minimum atomic E-state index is -0.791. The standard InChI is InChI=1S/C13H9ClN2O5/c14-9-5-4-7(17)6-8(9)13(19)15-12-10(16(20)21)2-1-3-11(12)18/h1-6,17-18H,(H,15,19). The fraction of sp³-hybridized carbons (Fsp3) is 0. The highest BCUT2D eigenvalue weighted by molar-refractivity contribution is 6.34. The summed E-state index contributed by atoms with van der Waals surface area (Å²) < 4.78 is 0. The van der Waals surface area contributed by atoms with E-state index in [1.54, 1.807) is 0 Å². The molecule has 0 aliphatic rings. The molecular formula is C13H9ClN2O5. The van der Waals surface area contributed by atoms with E-state index >= 15 is 0 Å². The first kappa shape index (κ1) is 14.6. The van der Waals surface area contributed by atoms with Crippen LogP contribution in [0.25, 0.3) is 0 Å². The Labute approximate surface area is 123 Å². The molecule has 0 aromatic heterocycles. The van der Waals surface area contributed by atoms with Crippen LogP contribution < -0.4 is 5.32 Å². The first-order valence-corrected chi connectivity index (χ1v) is 6.04. The van der Waals surface area contributed by atoms with Gasteiger partial charge in [-0.2, -0.15) is 0 Å². The second-order valence-electron chi connectivity index (χ2n) is 4.05. The number of para-hydroxylation sites is 1. The van der Waals surface area contributed by atoms with Crippen LogP contribution in [0.3, 0.4) is 0 Å². The highest BCUT2D eigenvalue weighted by Gasteiger charge is 2.21. The number of phenolic OH excluding ortho intramolecular Hbond substituents is 2. The summed E-state index contributed by atoms with van der Waals surface area (Å²) in [6, 6.07) is 7.34. The summed E-state index contributed by atoms with van der Waals surface area (Å²) in [7, 11) is 0.